The molecule has 0 bridgehead atoms. The molecule has 0 spiro atoms. The molecule has 12 aromatic rings. The van der Waals surface area contributed by atoms with Crippen molar-refractivity contribution in [3.8, 4) is 44.5 Å². The van der Waals surface area contributed by atoms with Gasteiger partial charge in [-0.3, -0.25) is 0 Å². The number of rotatable bonds is 7. The Kier molecular flexibility index (Phi) is 8.17. The van der Waals surface area contributed by atoms with Crippen molar-refractivity contribution in [3.05, 3.63) is 224 Å². The van der Waals surface area contributed by atoms with E-state index in [1.807, 2.05) is 24.3 Å². The lowest BCUT2D eigenvalue weighted by atomic mass is 9.94. The summed E-state index contributed by atoms with van der Waals surface area (Å²) in [6.07, 6.45) is 0. The summed E-state index contributed by atoms with van der Waals surface area (Å²) in [5.41, 5.74) is 16.0. The monoisotopic (exact) mass is 779 g/mol. The lowest BCUT2D eigenvalue weighted by Crippen LogP contribution is -2.11. The minimum atomic E-state index is 0.892. The first-order chi connectivity index (χ1) is 30.2. The Hall–Kier alpha value is -8.14. The van der Waals surface area contributed by atoms with E-state index in [9.17, 15) is 0 Å². The molecule has 12 rings (SSSR count). The molecule has 0 unspecified atom stereocenters. The van der Waals surface area contributed by atoms with E-state index in [1.165, 1.54) is 21.9 Å². The zero-order chi connectivity index (χ0) is 40.3. The zero-order valence-corrected chi connectivity index (χ0v) is 33.1. The predicted molar refractivity (Wildman–Crippen MR) is 255 cm³/mol. The van der Waals surface area contributed by atoms with Crippen LogP contribution in [0.2, 0.25) is 0 Å². The van der Waals surface area contributed by atoms with Crippen LogP contribution in [-0.2, 0) is 0 Å². The Balaban J connectivity index is 0.983. The summed E-state index contributed by atoms with van der Waals surface area (Å²) >= 11 is 0. The van der Waals surface area contributed by atoms with Gasteiger partial charge in [0.05, 0.1) is 5.69 Å². The average Bonchev–Trinajstić information content (AvgIpc) is 3.90. The number of fused-ring (bicyclic) bond motifs is 7. The standard InChI is InChI=1S/C58H37NO2/c1-2-16-46-39(12-1)13-10-20-47(46)42-14-9-15-43(36-42)48-17-3-6-22-53(48)59(44-31-26-38(27-32-44)41-30-35-51-50-18-4-7-23-54(50)61-57(51)37-41)45-33-28-40(29-34-45)49-21-11-25-56-58(49)52-19-5-8-24-55(52)60-56/h1-37H. The van der Waals surface area contributed by atoms with E-state index in [0.717, 1.165) is 94.3 Å². The van der Waals surface area contributed by atoms with Gasteiger partial charge in [0.25, 0.3) is 0 Å². The van der Waals surface area contributed by atoms with Crippen LogP contribution in [0.1, 0.15) is 0 Å². The molecule has 0 aliphatic heterocycles. The number of hydrogen-bond acceptors (Lipinski definition) is 3. The summed E-state index contributed by atoms with van der Waals surface area (Å²) in [5.74, 6) is 0. The summed E-state index contributed by atoms with van der Waals surface area (Å²) in [4.78, 5) is 2.38. The molecule has 0 atom stereocenters. The molecule has 0 saturated carbocycles. The molecule has 2 aromatic heterocycles. The second-order valence-corrected chi connectivity index (χ2v) is 15.6. The van der Waals surface area contributed by atoms with Gasteiger partial charge in [-0.2, -0.15) is 0 Å². The third-order valence-corrected chi connectivity index (χ3v) is 12.1. The highest BCUT2D eigenvalue weighted by atomic mass is 16.3. The number of furan rings is 2. The quantitative estimate of drug-likeness (QED) is 0.161. The van der Waals surface area contributed by atoms with Crippen molar-refractivity contribution >= 4 is 71.7 Å². The summed E-state index contributed by atoms with van der Waals surface area (Å²) in [5, 5.41) is 7.00. The van der Waals surface area contributed by atoms with Crippen molar-refractivity contribution in [2.24, 2.45) is 0 Å². The topological polar surface area (TPSA) is 29.5 Å². The van der Waals surface area contributed by atoms with E-state index in [1.54, 1.807) is 0 Å². The van der Waals surface area contributed by atoms with E-state index >= 15 is 0 Å². The van der Waals surface area contributed by atoms with Crippen molar-refractivity contribution in [2.45, 2.75) is 0 Å². The van der Waals surface area contributed by atoms with E-state index in [2.05, 4.69) is 205 Å². The Morgan fingerprint density at radius 1 is 0.279 bits per heavy atom. The van der Waals surface area contributed by atoms with Crippen LogP contribution < -0.4 is 4.90 Å². The van der Waals surface area contributed by atoms with Crippen molar-refractivity contribution in [1.29, 1.82) is 0 Å². The first kappa shape index (κ1) is 34.9. The van der Waals surface area contributed by atoms with Gasteiger partial charge in [0.2, 0.25) is 0 Å². The summed E-state index contributed by atoms with van der Waals surface area (Å²) in [6, 6.07) is 80.1. The Labute approximate surface area is 353 Å². The number of para-hydroxylation sites is 3. The van der Waals surface area contributed by atoms with Gasteiger partial charge < -0.3 is 13.7 Å². The van der Waals surface area contributed by atoms with Gasteiger partial charge in [0, 0.05) is 38.5 Å². The molecule has 0 radical (unpaired) electrons. The predicted octanol–water partition coefficient (Wildman–Crippen LogP) is 16.8. The molecule has 3 nitrogen and oxygen atoms in total. The lowest BCUT2D eigenvalue weighted by molar-refractivity contribution is 0.668. The molecule has 0 amide bonds. The number of nitrogens with zero attached hydrogens (tertiary/aromatic N) is 1. The molecular weight excluding hydrogens is 743 g/mol. The molecule has 10 aromatic carbocycles. The van der Waals surface area contributed by atoms with Crippen LogP contribution in [0, 0.1) is 0 Å². The molecule has 0 aliphatic carbocycles. The smallest absolute Gasteiger partial charge is 0.136 e. The third-order valence-electron chi connectivity index (χ3n) is 12.1. The molecule has 286 valence electrons. The van der Waals surface area contributed by atoms with Crippen LogP contribution in [-0.4, -0.2) is 0 Å². The highest BCUT2D eigenvalue weighted by Crippen LogP contribution is 2.44. The normalized spacial score (nSPS) is 11.6. The van der Waals surface area contributed by atoms with Gasteiger partial charge in [0.15, 0.2) is 0 Å². The Bertz CT molecular complexity index is 3590. The average molecular weight is 780 g/mol. The van der Waals surface area contributed by atoms with Crippen LogP contribution >= 0.6 is 0 Å². The maximum absolute atomic E-state index is 6.27. The van der Waals surface area contributed by atoms with Gasteiger partial charge in [-0.15, -0.1) is 0 Å². The largest absolute Gasteiger partial charge is 0.456 e. The van der Waals surface area contributed by atoms with Gasteiger partial charge in [0.1, 0.15) is 22.3 Å². The summed E-state index contributed by atoms with van der Waals surface area (Å²) in [6.45, 7) is 0. The maximum atomic E-state index is 6.27. The maximum Gasteiger partial charge on any atom is 0.136 e. The van der Waals surface area contributed by atoms with Gasteiger partial charge in [-0.25, -0.2) is 0 Å². The molecule has 0 fully saturated rings. The molecular formula is C58H37NO2. The van der Waals surface area contributed by atoms with Crippen LogP contribution in [0.15, 0.2) is 233 Å². The highest BCUT2D eigenvalue weighted by molar-refractivity contribution is 6.12. The zero-order valence-electron chi connectivity index (χ0n) is 33.1. The first-order valence-electron chi connectivity index (χ1n) is 20.7. The van der Waals surface area contributed by atoms with Crippen LogP contribution in [0.25, 0.3) is 99.2 Å². The fourth-order valence-electron chi connectivity index (χ4n) is 9.19. The van der Waals surface area contributed by atoms with E-state index in [4.69, 9.17) is 8.83 Å². The van der Waals surface area contributed by atoms with Gasteiger partial charge in [-0.05, 0) is 116 Å². The van der Waals surface area contributed by atoms with E-state index < -0.39 is 0 Å². The van der Waals surface area contributed by atoms with Crippen LogP contribution in [0.5, 0.6) is 0 Å². The van der Waals surface area contributed by atoms with E-state index in [0.29, 0.717) is 0 Å². The number of hydrogen-bond donors (Lipinski definition) is 0. The fraction of sp³-hybridized carbons (Fsp3) is 0. The minimum Gasteiger partial charge on any atom is -0.456 e. The molecule has 2 heterocycles. The van der Waals surface area contributed by atoms with Crippen molar-refractivity contribution in [2.75, 3.05) is 4.90 Å². The minimum absolute atomic E-state index is 0.892. The second kappa shape index (κ2) is 14.3. The van der Waals surface area contributed by atoms with Crippen molar-refractivity contribution in [3.63, 3.8) is 0 Å². The Morgan fingerprint density at radius 2 is 0.803 bits per heavy atom. The fourth-order valence-corrected chi connectivity index (χ4v) is 9.19. The third kappa shape index (κ3) is 5.98. The summed E-state index contributed by atoms with van der Waals surface area (Å²) < 4.78 is 12.5. The van der Waals surface area contributed by atoms with Gasteiger partial charge in [-0.1, -0.05) is 158 Å². The van der Waals surface area contributed by atoms with Crippen molar-refractivity contribution in [1.82, 2.24) is 0 Å². The van der Waals surface area contributed by atoms with Crippen molar-refractivity contribution < 1.29 is 8.83 Å². The first-order valence-corrected chi connectivity index (χ1v) is 20.7. The number of benzene rings is 10. The van der Waals surface area contributed by atoms with E-state index in [-0.39, 0.29) is 0 Å². The molecule has 61 heavy (non-hydrogen) atoms. The highest BCUT2D eigenvalue weighted by Gasteiger charge is 2.19. The molecule has 0 N–H and O–H groups in total. The molecule has 0 saturated heterocycles. The summed E-state index contributed by atoms with van der Waals surface area (Å²) in [7, 11) is 0. The molecule has 0 aliphatic rings. The van der Waals surface area contributed by atoms with Gasteiger partial charge >= 0.3 is 0 Å². The second-order valence-electron chi connectivity index (χ2n) is 15.6. The lowest BCUT2D eigenvalue weighted by Gasteiger charge is -2.28. The molecule has 3 heteroatoms. The number of anilines is 3. The van der Waals surface area contributed by atoms with Crippen LogP contribution in [0.4, 0.5) is 17.1 Å². The Morgan fingerprint density at radius 3 is 1.62 bits per heavy atom. The SMILES string of the molecule is c1cc(-c2ccccc2N(c2ccc(-c3ccc4c(c3)oc3ccccc34)cc2)c2ccc(-c3cccc4oc5ccccc5c34)cc2)cc(-c2cccc3ccccc23)c1. The van der Waals surface area contributed by atoms with Crippen LogP contribution in [0.3, 0.4) is 0 Å².